The fourth-order valence-corrected chi connectivity index (χ4v) is 10.9. The van der Waals surface area contributed by atoms with Gasteiger partial charge in [-0.15, -0.1) is 29.7 Å². The predicted molar refractivity (Wildman–Crippen MR) is 353 cm³/mol. The van der Waals surface area contributed by atoms with E-state index in [1.165, 1.54) is 18.2 Å². The monoisotopic (exact) mass is 1320 g/mol. The minimum Gasteiger partial charge on any atom is -0.510 e. The van der Waals surface area contributed by atoms with Crippen molar-refractivity contribution < 1.29 is 56.4 Å². The summed E-state index contributed by atoms with van der Waals surface area (Å²) >= 11 is 0. The van der Waals surface area contributed by atoms with E-state index in [0.717, 1.165) is 27.4 Å². The number of hydrogen-bond donors (Lipinski definition) is 0. The van der Waals surface area contributed by atoms with Crippen molar-refractivity contribution in [3.8, 4) is 84.3 Å². The first-order valence-corrected chi connectivity index (χ1v) is 28.0. The SMILES string of the molecule is [2H]c1c([2H])c([2H])c(-c2c([2H])c(-c3cc(C(C)(C)C)cc(-c4cccc(C(C)(C)C)c4)c3-[n+]3[c-]n(-c4[c-]c(Oc5[c-]c6c(cc5)c5ccccc5n6-c5cc(C(C)(C)C)ccn5)ccc4)c4cc(-c5c(C([2H])([2H])[2H])cccc5C([2H])([2H])[2H])ccc43)c([2H])c(-c3c([2H])c([2H])c([2H])c([2H])c3[2H])c2[2H])c([2H])c1[2H].[Pt]. The van der Waals surface area contributed by atoms with Crippen LogP contribution in [0.5, 0.6) is 11.5 Å². The van der Waals surface area contributed by atoms with Crippen LogP contribution in [0, 0.1) is 32.2 Å². The summed E-state index contributed by atoms with van der Waals surface area (Å²) in [5.74, 6) is 1.19. The summed E-state index contributed by atoms with van der Waals surface area (Å²) in [6.07, 6.45) is 5.38. The molecule has 0 radical (unpaired) electrons. The zero-order valence-corrected chi connectivity index (χ0v) is 51.1. The Morgan fingerprint density at radius 1 is 0.500 bits per heavy atom. The van der Waals surface area contributed by atoms with Gasteiger partial charge in [-0.3, -0.25) is 4.57 Å². The number of aromatic nitrogens is 4. The van der Waals surface area contributed by atoms with Gasteiger partial charge >= 0.3 is 0 Å². The number of ether oxygens (including phenoxy) is 1. The van der Waals surface area contributed by atoms with Crippen LogP contribution in [0.2, 0.25) is 0 Å². The minimum absolute atomic E-state index is 0. The number of benzene rings is 10. The Morgan fingerprint density at radius 2 is 1.12 bits per heavy atom. The van der Waals surface area contributed by atoms with Gasteiger partial charge in [0.1, 0.15) is 5.82 Å². The number of para-hydroxylation sites is 1. The topological polar surface area (TPSA) is 35.9 Å². The molecule has 0 unspecified atom stereocenters. The van der Waals surface area contributed by atoms with E-state index in [1.807, 2.05) is 92.1 Å². The third-order valence-electron chi connectivity index (χ3n) is 15.4. The van der Waals surface area contributed by atoms with E-state index in [0.29, 0.717) is 39.3 Å². The van der Waals surface area contributed by atoms with Crippen LogP contribution >= 0.6 is 0 Å². The largest absolute Gasteiger partial charge is 0.510 e. The summed E-state index contributed by atoms with van der Waals surface area (Å²) in [7, 11) is 0. The Hall–Kier alpha value is -8.89. The third kappa shape index (κ3) is 10.9. The van der Waals surface area contributed by atoms with Crippen LogP contribution in [-0.2, 0) is 37.3 Å². The molecule has 0 atom stereocenters. The minimum atomic E-state index is -2.82. The number of pyridine rings is 1. The van der Waals surface area contributed by atoms with Gasteiger partial charge in [0.15, 0.2) is 0 Å². The summed E-state index contributed by atoms with van der Waals surface area (Å²) in [5.41, 5.74) is 1.73. The van der Waals surface area contributed by atoms with Crippen molar-refractivity contribution in [2.24, 2.45) is 0 Å². The fraction of sp³-hybridized carbons (Fsp3) is 0.175. The standard InChI is InChI=1S/C80H70N4O.Pt/c1-52-23-20-24-53(2)76(52)57-35-38-72-74(45-57)82(64-31-22-32-65(49-64)85-66-36-37-68-67-33-18-19-34-71(67)84(73(68)50-66)75-48-62(39-40-81-75)79(6,7)8)51-83(72)77-69(56-29-21-30-61(44-56)78(3,4)5)46-63(80(9,10)11)47-70(77)60-42-58(54-25-14-12-15-26-54)41-59(43-60)55-27-16-13-17-28-55;/h12-48H,1-11H3;/q-2;/i1D3,2D3,12D,13D,14D,15D,16D,17D,25D,26D,27D,28D,41D,42D,43D;. The van der Waals surface area contributed by atoms with Crippen molar-refractivity contribution in [1.29, 1.82) is 0 Å². The summed E-state index contributed by atoms with van der Waals surface area (Å²) in [5, 5.41) is 1.86. The van der Waals surface area contributed by atoms with E-state index >= 15 is 0 Å². The van der Waals surface area contributed by atoms with E-state index < -0.39 is 125 Å². The van der Waals surface area contributed by atoms with Crippen LogP contribution in [0.15, 0.2) is 224 Å². The van der Waals surface area contributed by atoms with Crippen molar-refractivity contribution in [1.82, 2.24) is 14.1 Å². The van der Waals surface area contributed by atoms with Crippen LogP contribution in [-0.4, -0.2) is 14.1 Å². The molecule has 0 bridgehead atoms. The number of fused-ring (bicyclic) bond motifs is 4. The van der Waals surface area contributed by atoms with Crippen molar-refractivity contribution in [3.63, 3.8) is 0 Å². The Morgan fingerprint density at radius 3 is 1.79 bits per heavy atom. The maximum absolute atomic E-state index is 10.6. The zero-order chi connectivity index (χ0) is 75.3. The Kier molecular flexibility index (Phi) is 10.2. The molecule has 0 saturated heterocycles. The van der Waals surface area contributed by atoms with Gasteiger partial charge in [0.25, 0.3) is 6.33 Å². The van der Waals surface area contributed by atoms with E-state index in [1.54, 1.807) is 63.9 Å². The number of rotatable bonds is 10. The molecule has 0 saturated carbocycles. The van der Waals surface area contributed by atoms with Crippen LogP contribution in [0.3, 0.4) is 0 Å². The molecule has 0 aliphatic rings. The van der Waals surface area contributed by atoms with Crippen molar-refractivity contribution in [2.75, 3.05) is 0 Å². The molecule has 3 heterocycles. The van der Waals surface area contributed by atoms with E-state index in [-0.39, 0.29) is 82.5 Å². The van der Waals surface area contributed by atoms with Gasteiger partial charge in [-0.2, -0.15) is 18.2 Å². The molecule has 13 rings (SSSR count). The first-order valence-electron chi connectivity index (χ1n) is 37.5. The molecular weight excluding hydrogens is 1230 g/mol. The Labute approximate surface area is 548 Å². The summed E-state index contributed by atoms with van der Waals surface area (Å²) in [6, 6.07) is 38.2. The van der Waals surface area contributed by atoms with Crippen LogP contribution in [0.25, 0.3) is 106 Å². The zero-order valence-electron chi connectivity index (χ0n) is 67.9. The second-order valence-electron chi connectivity index (χ2n) is 24.3. The molecule has 0 amide bonds. The van der Waals surface area contributed by atoms with Crippen molar-refractivity contribution in [2.45, 2.75) is 92.3 Å². The summed E-state index contributed by atoms with van der Waals surface area (Å²) in [4.78, 5) is 4.85. The predicted octanol–water partition coefficient (Wildman–Crippen LogP) is 20.4. The molecule has 3 aromatic heterocycles. The molecule has 5 nitrogen and oxygen atoms in total. The van der Waals surface area contributed by atoms with Crippen LogP contribution < -0.4 is 9.30 Å². The molecular formula is C80H70N4OPt-2. The van der Waals surface area contributed by atoms with Gasteiger partial charge in [-0.25, -0.2) is 4.98 Å². The molecule has 428 valence electrons. The normalized spacial score (nSPS) is 15.5. The average molecular weight is 1320 g/mol. The number of nitrogens with zero attached hydrogens (tertiary/aromatic N) is 4. The average Bonchev–Trinajstić information content (AvgIpc) is 1.52. The van der Waals surface area contributed by atoms with Gasteiger partial charge in [0.05, 0.1) is 34.5 Å². The Bertz CT molecular complexity index is 5570. The smallest absolute Gasteiger partial charge is 0.268 e. The first-order chi connectivity index (χ1) is 48.7. The molecule has 0 aliphatic heterocycles. The molecule has 0 aliphatic carbocycles. The molecule has 0 fully saturated rings. The van der Waals surface area contributed by atoms with Crippen molar-refractivity contribution >= 4 is 32.8 Å². The number of imidazole rings is 1. The maximum atomic E-state index is 10.6. The second-order valence-corrected chi connectivity index (χ2v) is 24.3. The van der Waals surface area contributed by atoms with Gasteiger partial charge in [0.2, 0.25) is 0 Å². The van der Waals surface area contributed by atoms with Gasteiger partial charge in [-0.05, 0) is 167 Å². The second kappa shape index (κ2) is 22.5. The molecule has 6 heteroatoms. The molecule has 13 aromatic rings. The van der Waals surface area contributed by atoms with Gasteiger partial charge in [0, 0.05) is 52.5 Å². The molecule has 0 N–H and O–H groups in total. The van der Waals surface area contributed by atoms with E-state index in [2.05, 4.69) is 66.1 Å². The Balaban J connectivity index is 0.0000104. The number of hydrogen-bond acceptors (Lipinski definition) is 2. The fourth-order valence-electron chi connectivity index (χ4n) is 10.9. The van der Waals surface area contributed by atoms with Crippen LogP contribution in [0.1, 0.15) is 116 Å². The number of aryl methyl sites for hydroxylation is 2. The summed E-state index contributed by atoms with van der Waals surface area (Å²) < 4.78 is 186. The summed E-state index contributed by atoms with van der Waals surface area (Å²) in [6.45, 7) is 12.8. The molecule has 10 aromatic carbocycles. The van der Waals surface area contributed by atoms with Crippen molar-refractivity contribution in [3.05, 3.63) is 271 Å². The molecule has 0 spiro atoms. The van der Waals surface area contributed by atoms with E-state index in [4.69, 9.17) is 26.2 Å². The van der Waals surface area contributed by atoms with Gasteiger partial charge in [-0.1, -0.05) is 213 Å². The third-order valence-corrected chi connectivity index (χ3v) is 15.4. The van der Waals surface area contributed by atoms with E-state index in [9.17, 15) is 9.60 Å². The molecule has 86 heavy (non-hydrogen) atoms. The van der Waals surface area contributed by atoms with Crippen LogP contribution in [0.4, 0.5) is 0 Å². The quantitative estimate of drug-likeness (QED) is 0.101. The maximum Gasteiger partial charge on any atom is 0.268 e. The van der Waals surface area contributed by atoms with Gasteiger partial charge < -0.3 is 13.9 Å². The first kappa shape index (κ1) is 38.9.